The first-order chi connectivity index (χ1) is 14.9. The molecule has 0 saturated carbocycles. The number of nitro benzene ring substituents is 1. The molecular weight excluding hydrogens is 392 g/mol. The minimum atomic E-state index is -0.508. The second kappa shape index (κ2) is 8.39. The van der Waals surface area contributed by atoms with Gasteiger partial charge in [-0.3, -0.25) is 14.9 Å². The van der Waals surface area contributed by atoms with Crippen LogP contribution < -0.4 is 10.3 Å². The fraction of sp³-hybridized carbons (Fsp3) is 0.167. The second-order valence-electron chi connectivity index (χ2n) is 7.66. The lowest BCUT2D eigenvalue weighted by molar-refractivity contribution is -0.384. The zero-order valence-corrected chi connectivity index (χ0v) is 17.3. The van der Waals surface area contributed by atoms with Crippen LogP contribution in [0.15, 0.2) is 65.8 Å². The van der Waals surface area contributed by atoms with Crippen molar-refractivity contribution in [1.82, 2.24) is 5.43 Å². The number of nitrogens with one attached hydrogen (secondary N) is 1. The highest BCUT2D eigenvalue weighted by molar-refractivity contribution is 5.95. The minimum absolute atomic E-state index is 0.0634. The number of anilines is 1. The lowest BCUT2D eigenvalue weighted by Crippen LogP contribution is -2.17. The maximum absolute atomic E-state index is 12.1. The van der Waals surface area contributed by atoms with E-state index in [9.17, 15) is 14.9 Å². The van der Waals surface area contributed by atoms with E-state index in [1.807, 2.05) is 24.3 Å². The number of non-ortho nitro benzene ring substituents is 1. The van der Waals surface area contributed by atoms with Gasteiger partial charge in [0.05, 0.1) is 11.1 Å². The molecule has 1 amide bonds. The Balaban J connectivity index is 1.36. The van der Waals surface area contributed by atoms with Crippen LogP contribution in [0.3, 0.4) is 0 Å². The van der Waals surface area contributed by atoms with Crippen molar-refractivity contribution >= 4 is 23.5 Å². The van der Waals surface area contributed by atoms with Crippen molar-refractivity contribution in [3.63, 3.8) is 0 Å². The number of carbonyl (C=O) groups excluding carboxylic acids is 1. The molecule has 0 fully saturated rings. The predicted octanol–water partition coefficient (Wildman–Crippen LogP) is 4.50. The number of carbonyl (C=O) groups is 1. The molecule has 0 bridgehead atoms. The fourth-order valence-electron chi connectivity index (χ4n) is 3.62. The summed E-state index contributed by atoms with van der Waals surface area (Å²) in [6, 6.07) is 17.9. The number of benzene rings is 3. The molecule has 0 aromatic heterocycles. The molecule has 0 atom stereocenters. The van der Waals surface area contributed by atoms with E-state index in [0.29, 0.717) is 5.56 Å². The smallest absolute Gasteiger partial charge is 0.271 e. The Kier molecular flexibility index (Phi) is 5.49. The van der Waals surface area contributed by atoms with Crippen molar-refractivity contribution in [2.75, 3.05) is 4.90 Å². The summed E-state index contributed by atoms with van der Waals surface area (Å²) in [6.45, 7) is 6.09. The average molecular weight is 414 g/mol. The van der Waals surface area contributed by atoms with E-state index in [1.54, 1.807) is 6.21 Å². The molecule has 1 heterocycles. The summed E-state index contributed by atoms with van der Waals surface area (Å²) < 4.78 is 0. The lowest BCUT2D eigenvalue weighted by Gasteiger charge is -2.17. The number of amides is 1. The Labute approximate surface area is 180 Å². The topological polar surface area (TPSA) is 87.8 Å². The van der Waals surface area contributed by atoms with Gasteiger partial charge in [-0.15, -0.1) is 0 Å². The highest BCUT2D eigenvalue weighted by atomic mass is 16.6. The van der Waals surface area contributed by atoms with Gasteiger partial charge in [-0.1, -0.05) is 24.3 Å². The number of rotatable bonds is 5. The normalized spacial score (nSPS) is 12.8. The number of hydrazone groups is 1. The zero-order chi connectivity index (χ0) is 22.0. The van der Waals surface area contributed by atoms with Crippen LogP contribution in [0.1, 0.15) is 38.2 Å². The van der Waals surface area contributed by atoms with E-state index >= 15 is 0 Å². The minimum Gasteiger partial charge on any atom is -0.363 e. The molecule has 156 valence electrons. The Morgan fingerprint density at radius 2 is 1.58 bits per heavy atom. The predicted molar refractivity (Wildman–Crippen MR) is 120 cm³/mol. The number of fused-ring (bicyclic) bond motifs is 1. The standard InChI is InChI=1S/C24H22N4O3/c1-16-11-20-14-27(15-21(20)12-17(16)2)22-7-3-18(4-8-22)13-25-26-24(29)19-5-9-23(10-6-19)28(30)31/h3-13H,14-15H2,1-2H3,(H,26,29)/b25-13-. The molecule has 7 nitrogen and oxygen atoms in total. The summed E-state index contributed by atoms with van der Waals surface area (Å²) in [6.07, 6.45) is 1.57. The van der Waals surface area contributed by atoms with Gasteiger partial charge in [-0.05, 0) is 65.9 Å². The largest absolute Gasteiger partial charge is 0.363 e. The van der Waals surface area contributed by atoms with Crippen LogP contribution >= 0.6 is 0 Å². The van der Waals surface area contributed by atoms with Crippen LogP contribution in [0.5, 0.6) is 0 Å². The maximum atomic E-state index is 12.1. The number of aryl methyl sites for hydroxylation is 2. The lowest BCUT2D eigenvalue weighted by atomic mass is 10.0. The van der Waals surface area contributed by atoms with Gasteiger partial charge in [0.15, 0.2) is 0 Å². The maximum Gasteiger partial charge on any atom is 0.271 e. The Morgan fingerprint density at radius 3 is 2.13 bits per heavy atom. The molecule has 3 aromatic carbocycles. The van der Waals surface area contributed by atoms with Crippen molar-refractivity contribution in [2.24, 2.45) is 5.10 Å². The van der Waals surface area contributed by atoms with Gasteiger partial charge in [-0.2, -0.15) is 5.10 Å². The summed E-state index contributed by atoms with van der Waals surface area (Å²) in [5.41, 5.74) is 10.1. The van der Waals surface area contributed by atoms with Gasteiger partial charge in [0.25, 0.3) is 11.6 Å². The first-order valence-electron chi connectivity index (χ1n) is 9.92. The highest BCUT2D eigenvalue weighted by Gasteiger charge is 2.19. The summed E-state index contributed by atoms with van der Waals surface area (Å²) in [7, 11) is 0. The van der Waals surface area contributed by atoms with Gasteiger partial charge < -0.3 is 4.90 Å². The summed E-state index contributed by atoms with van der Waals surface area (Å²) in [5, 5.41) is 14.7. The van der Waals surface area contributed by atoms with Crippen molar-refractivity contribution in [3.8, 4) is 0 Å². The van der Waals surface area contributed by atoms with Crippen molar-refractivity contribution in [3.05, 3.63) is 104 Å². The van der Waals surface area contributed by atoms with Gasteiger partial charge in [0.2, 0.25) is 0 Å². The molecule has 0 radical (unpaired) electrons. The average Bonchev–Trinajstić information content (AvgIpc) is 3.17. The zero-order valence-electron chi connectivity index (χ0n) is 17.3. The number of nitro groups is 1. The van der Waals surface area contributed by atoms with E-state index in [4.69, 9.17) is 0 Å². The van der Waals surface area contributed by atoms with Crippen molar-refractivity contribution < 1.29 is 9.72 Å². The summed E-state index contributed by atoms with van der Waals surface area (Å²) in [5.74, 6) is -0.428. The van der Waals surface area contributed by atoms with E-state index < -0.39 is 10.8 Å². The van der Waals surface area contributed by atoms with Gasteiger partial charge in [0.1, 0.15) is 0 Å². The quantitative estimate of drug-likeness (QED) is 0.378. The molecule has 1 aliphatic heterocycles. The molecule has 0 spiro atoms. The van der Waals surface area contributed by atoms with Crippen LogP contribution in [-0.2, 0) is 13.1 Å². The van der Waals surface area contributed by atoms with E-state index in [2.05, 4.69) is 41.4 Å². The van der Waals surface area contributed by atoms with E-state index in [0.717, 1.165) is 24.3 Å². The van der Waals surface area contributed by atoms with E-state index in [-0.39, 0.29) is 5.69 Å². The third-order valence-corrected chi connectivity index (χ3v) is 5.52. The first kappa shape index (κ1) is 20.3. The number of hydrogen-bond donors (Lipinski definition) is 1. The first-order valence-corrected chi connectivity index (χ1v) is 9.92. The summed E-state index contributed by atoms with van der Waals surface area (Å²) >= 11 is 0. The van der Waals surface area contributed by atoms with Gasteiger partial charge in [-0.25, -0.2) is 5.43 Å². The Morgan fingerprint density at radius 1 is 1.00 bits per heavy atom. The molecule has 1 N–H and O–H groups in total. The third-order valence-electron chi connectivity index (χ3n) is 5.52. The molecule has 0 unspecified atom stereocenters. The molecule has 1 aliphatic rings. The van der Waals surface area contributed by atoms with Crippen LogP contribution in [0, 0.1) is 24.0 Å². The van der Waals surface area contributed by atoms with Crippen LogP contribution in [0.4, 0.5) is 11.4 Å². The molecule has 3 aromatic rings. The van der Waals surface area contributed by atoms with Crippen molar-refractivity contribution in [2.45, 2.75) is 26.9 Å². The fourth-order valence-corrected chi connectivity index (χ4v) is 3.62. The summed E-state index contributed by atoms with van der Waals surface area (Å²) in [4.78, 5) is 24.6. The van der Waals surface area contributed by atoms with Gasteiger partial charge in [0, 0.05) is 36.5 Å². The molecular formula is C24H22N4O3. The molecule has 7 heteroatoms. The third kappa shape index (κ3) is 4.45. The van der Waals surface area contributed by atoms with Crippen LogP contribution in [0.25, 0.3) is 0 Å². The number of hydrogen-bond acceptors (Lipinski definition) is 5. The van der Waals surface area contributed by atoms with Crippen LogP contribution in [0.2, 0.25) is 0 Å². The molecule has 0 aliphatic carbocycles. The Hall–Kier alpha value is -4.00. The molecule has 0 saturated heterocycles. The molecule has 31 heavy (non-hydrogen) atoms. The highest BCUT2D eigenvalue weighted by Crippen LogP contribution is 2.30. The van der Waals surface area contributed by atoms with Crippen molar-refractivity contribution in [1.29, 1.82) is 0 Å². The Bertz CT molecular complexity index is 1140. The monoisotopic (exact) mass is 414 g/mol. The van der Waals surface area contributed by atoms with Crippen LogP contribution in [-0.4, -0.2) is 17.0 Å². The van der Waals surface area contributed by atoms with E-state index in [1.165, 1.54) is 46.5 Å². The van der Waals surface area contributed by atoms with Gasteiger partial charge >= 0.3 is 0 Å². The number of nitrogens with zero attached hydrogens (tertiary/aromatic N) is 3. The SMILES string of the molecule is Cc1cc2c(cc1C)CN(c1ccc(/C=N\NC(=O)c3ccc([N+](=O)[O-])cc3)cc1)C2. The second-order valence-corrected chi connectivity index (χ2v) is 7.66. The molecule has 4 rings (SSSR count).